The molecule has 1 aliphatic heterocycles. The summed E-state index contributed by atoms with van der Waals surface area (Å²) in [5, 5.41) is 0.364. The maximum absolute atomic E-state index is 14.0. The van der Waals surface area contributed by atoms with Crippen LogP contribution in [0.15, 0.2) is 54.7 Å². The first-order chi connectivity index (χ1) is 21.0. The van der Waals surface area contributed by atoms with Crippen LogP contribution < -0.4 is 9.80 Å². The Balaban J connectivity index is 1.50. The van der Waals surface area contributed by atoms with Crippen molar-refractivity contribution in [2.75, 3.05) is 43.0 Å². The van der Waals surface area contributed by atoms with Gasteiger partial charge in [-0.2, -0.15) is 26.3 Å². The van der Waals surface area contributed by atoms with Crippen LogP contribution in [0.4, 0.5) is 37.8 Å². The minimum Gasteiger partial charge on any atom is -0.353 e. The van der Waals surface area contributed by atoms with E-state index >= 15 is 0 Å². The summed E-state index contributed by atoms with van der Waals surface area (Å²) < 4.78 is 81.7. The Bertz CT molecular complexity index is 1580. The lowest BCUT2D eigenvalue weighted by atomic mass is 9.81. The molecular weight excluding hydrogens is 622 g/mol. The molecule has 2 heterocycles. The van der Waals surface area contributed by atoms with Gasteiger partial charge in [-0.1, -0.05) is 29.8 Å². The molecule has 240 valence electrons. The number of halogens is 7. The number of carbonyl (C=O) groups excluding carboxylic acids is 2. The first kappa shape index (κ1) is 32.6. The molecule has 1 aliphatic carbocycles. The van der Waals surface area contributed by atoms with E-state index in [0.29, 0.717) is 60.3 Å². The molecule has 1 saturated heterocycles. The molecule has 1 saturated carbocycles. The second kappa shape index (κ2) is 11.9. The van der Waals surface area contributed by atoms with Crippen molar-refractivity contribution < 1.29 is 35.9 Å². The van der Waals surface area contributed by atoms with Crippen LogP contribution in [0.5, 0.6) is 0 Å². The molecule has 0 N–H and O–H groups in total. The van der Waals surface area contributed by atoms with E-state index in [4.69, 9.17) is 11.6 Å². The van der Waals surface area contributed by atoms with Gasteiger partial charge in [0.15, 0.2) is 0 Å². The summed E-state index contributed by atoms with van der Waals surface area (Å²) in [6, 6.07) is 9.81. The molecule has 0 unspecified atom stereocenters. The fourth-order valence-electron chi connectivity index (χ4n) is 5.49. The molecule has 0 radical (unpaired) electrons. The van der Waals surface area contributed by atoms with Crippen molar-refractivity contribution >= 4 is 34.9 Å². The fraction of sp³-hybridized carbons (Fsp3) is 0.406. The summed E-state index contributed by atoms with van der Waals surface area (Å²) in [5.41, 5.74) is -3.95. The summed E-state index contributed by atoms with van der Waals surface area (Å²) in [6.45, 7) is 4.69. The van der Waals surface area contributed by atoms with Crippen LogP contribution >= 0.6 is 11.6 Å². The second-order valence-electron chi connectivity index (χ2n) is 11.9. The molecule has 2 aliphatic rings. The molecule has 45 heavy (non-hydrogen) atoms. The Morgan fingerprint density at radius 2 is 1.40 bits per heavy atom. The van der Waals surface area contributed by atoms with Gasteiger partial charge in [-0.15, -0.1) is 0 Å². The van der Waals surface area contributed by atoms with Gasteiger partial charge in [0, 0.05) is 55.3 Å². The Hall–Kier alpha value is -3.80. The van der Waals surface area contributed by atoms with E-state index in [0.717, 1.165) is 12.8 Å². The van der Waals surface area contributed by atoms with Crippen LogP contribution in [-0.2, 0) is 27.4 Å². The number of aromatic nitrogens is 1. The van der Waals surface area contributed by atoms with Gasteiger partial charge in [-0.3, -0.25) is 9.59 Å². The quantitative estimate of drug-likeness (QED) is 0.260. The molecule has 6 nitrogen and oxygen atoms in total. The van der Waals surface area contributed by atoms with Gasteiger partial charge >= 0.3 is 12.4 Å². The van der Waals surface area contributed by atoms with Gasteiger partial charge in [0.25, 0.3) is 0 Å². The smallest absolute Gasteiger partial charge is 0.353 e. The highest BCUT2D eigenvalue weighted by Gasteiger charge is 2.41. The number of anilines is 2. The number of alkyl halides is 6. The molecule has 3 aromatic rings. The predicted octanol–water partition coefficient (Wildman–Crippen LogP) is 7.44. The van der Waals surface area contributed by atoms with Crippen molar-refractivity contribution in [1.29, 1.82) is 0 Å². The third kappa shape index (κ3) is 6.75. The van der Waals surface area contributed by atoms with Gasteiger partial charge in [0.2, 0.25) is 11.8 Å². The highest BCUT2D eigenvalue weighted by atomic mass is 35.5. The van der Waals surface area contributed by atoms with E-state index < -0.39 is 40.4 Å². The fourth-order valence-corrected chi connectivity index (χ4v) is 5.72. The summed E-state index contributed by atoms with van der Waals surface area (Å²) in [5.74, 6) is 0.0969. The number of piperazine rings is 1. The Labute approximate surface area is 261 Å². The maximum Gasteiger partial charge on any atom is 0.416 e. The van der Waals surface area contributed by atoms with E-state index in [9.17, 15) is 35.9 Å². The van der Waals surface area contributed by atoms with Crippen molar-refractivity contribution in [1.82, 2.24) is 9.88 Å². The van der Waals surface area contributed by atoms with E-state index in [1.165, 1.54) is 32.0 Å². The Morgan fingerprint density at radius 1 is 0.844 bits per heavy atom. The number of likely N-dealkylation sites (N-methyl/N-ethyl adjacent to an activating group) is 1. The van der Waals surface area contributed by atoms with Crippen LogP contribution in [0.1, 0.15) is 43.4 Å². The van der Waals surface area contributed by atoms with Crippen LogP contribution in [0.2, 0.25) is 5.02 Å². The molecule has 5 rings (SSSR count). The van der Waals surface area contributed by atoms with Crippen molar-refractivity contribution in [3.63, 3.8) is 0 Å². The van der Waals surface area contributed by atoms with Crippen LogP contribution in [0, 0.1) is 5.92 Å². The Kier molecular flexibility index (Phi) is 8.58. The molecule has 2 aromatic carbocycles. The zero-order valence-corrected chi connectivity index (χ0v) is 25.5. The number of hydrogen-bond donors (Lipinski definition) is 0. The number of nitrogens with zero attached hydrogens (tertiary/aromatic N) is 4. The van der Waals surface area contributed by atoms with Crippen molar-refractivity contribution in [2.24, 2.45) is 5.92 Å². The van der Waals surface area contributed by atoms with E-state index in [1.807, 2.05) is 9.80 Å². The molecular formula is C32H31ClF6N4O2. The van der Waals surface area contributed by atoms with Crippen molar-refractivity contribution in [3.05, 3.63) is 76.4 Å². The predicted molar refractivity (Wildman–Crippen MR) is 159 cm³/mol. The largest absolute Gasteiger partial charge is 0.416 e. The van der Waals surface area contributed by atoms with Gasteiger partial charge in [-0.05, 0) is 62.6 Å². The third-order valence-electron chi connectivity index (χ3n) is 8.38. The zero-order valence-electron chi connectivity index (χ0n) is 24.8. The summed E-state index contributed by atoms with van der Waals surface area (Å²) in [4.78, 5) is 36.1. The number of hydrogen-bond acceptors (Lipinski definition) is 4. The number of rotatable bonds is 6. The average molecular weight is 653 g/mol. The topological polar surface area (TPSA) is 56.8 Å². The van der Waals surface area contributed by atoms with Crippen LogP contribution in [0.25, 0.3) is 11.1 Å². The third-order valence-corrected chi connectivity index (χ3v) is 8.71. The van der Waals surface area contributed by atoms with Gasteiger partial charge in [0.05, 0.1) is 28.4 Å². The van der Waals surface area contributed by atoms with Crippen LogP contribution in [-0.4, -0.2) is 54.9 Å². The molecule has 2 fully saturated rings. The minimum absolute atomic E-state index is 0.0353. The highest BCUT2D eigenvalue weighted by Crippen LogP contribution is 2.42. The molecule has 2 amide bonds. The summed E-state index contributed by atoms with van der Waals surface area (Å²) >= 11 is 6.55. The number of carbonyl (C=O) groups is 2. The van der Waals surface area contributed by atoms with Crippen molar-refractivity contribution in [3.8, 4) is 11.1 Å². The molecule has 0 bridgehead atoms. The van der Waals surface area contributed by atoms with E-state index in [2.05, 4.69) is 4.98 Å². The SMILES string of the molecule is CN(C(=O)C(C)(C)c1cc(C(F)(F)F)cc(C(F)(F)F)c1)c1cnc(N2CCN(C(=O)C3CC3)CC2)cc1-c1ccccc1Cl. The van der Waals surface area contributed by atoms with Gasteiger partial charge in [0.1, 0.15) is 5.82 Å². The highest BCUT2D eigenvalue weighted by molar-refractivity contribution is 6.33. The lowest BCUT2D eigenvalue weighted by molar-refractivity contribution is -0.143. The second-order valence-corrected chi connectivity index (χ2v) is 12.3. The van der Waals surface area contributed by atoms with E-state index in [1.54, 1.807) is 30.3 Å². The monoisotopic (exact) mass is 652 g/mol. The zero-order chi connectivity index (χ0) is 32.9. The minimum atomic E-state index is -5.06. The van der Waals surface area contributed by atoms with Crippen LogP contribution in [0.3, 0.4) is 0 Å². The normalized spacial score (nSPS) is 16.1. The number of benzene rings is 2. The molecule has 0 spiro atoms. The molecule has 0 atom stereocenters. The lowest BCUT2D eigenvalue weighted by Gasteiger charge is -2.36. The standard InChI is InChI=1S/C32H31ClF6N4O2/c1-30(2,20-14-21(31(34,35)36)16-22(15-20)32(37,38)39)29(45)41(3)26-18-40-27(17-24(26)23-6-4-5-7-25(23)33)42-10-12-43(13-11-42)28(44)19-8-9-19/h4-7,14-19H,8-13H2,1-3H3. The lowest BCUT2D eigenvalue weighted by Crippen LogP contribution is -2.49. The first-order valence-electron chi connectivity index (χ1n) is 14.4. The Morgan fingerprint density at radius 3 is 1.93 bits per heavy atom. The number of pyridine rings is 1. The average Bonchev–Trinajstić information content (AvgIpc) is 3.85. The van der Waals surface area contributed by atoms with E-state index in [-0.39, 0.29) is 23.6 Å². The summed E-state index contributed by atoms with van der Waals surface area (Å²) in [7, 11) is 1.39. The molecule has 1 aromatic heterocycles. The van der Waals surface area contributed by atoms with Gasteiger partial charge in [-0.25, -0.2) is 4.98 Å². The van der Waals surface area contributed by atoms with Gasteiger partial charge < -0.3 is 14.7 Å². The molecule has 13 heteroatoms. The number of amides is 2. The maximum atomic E-state index is 14.0. The van der Waals surface area contributed by atoms with Crippen molar-refractivity contribution in [2.45, 2.75) is 44.5 Å². The summed E-state index contributed by atoms with van der Waals surface area (Å²) in [6.07, 6.45) is -6.84. The first-order valence-corrected chi connectivity index (χ1v) is 14.7.